The lowest BCUT2D eigenvalue weighted by Crippen LogP contribution is -2.39. The average Bonchev–Trinajstić information content (AvgIpc) is 2.59. The van der Waals surface area contributed by atoms with Crippen molar-refractivity contribution in [2.75, 3.05) is 13.2 Å². The van der Waals surface area contributed by atoms with Gasteiger partial charge in [0.1, 0.15) is 0 Å². The quantitative estimate of drug-likeness (QED) is 0.675. The second kappa shape index (κ2) is 6.06. The van der Waals surface area contributed by atoms with Gasteiger partial charge in [0.2, 0.25) is 0 Å². The van der Waals surface area contributed by atoms with Crippen molar-refractivity contribution in [3.8, 4) is 12.3 Å². The minimum atomic E-state index is 0.359. The highest BCUT2D eigenvalue weighted by atomic mass is 16.5. The molecule has 0 radical (unpaired) electrons. The van der Waals surface area contributed by atoms with Crippen molar-refractivity contribution in [3.63, 3.8) is 0 Å². The van der Waals surface area contributed by atoms with Crippen molar-refractivity contribution < 1.29 is 4.74 Å². The Labute approximate surface area is 87.4 Å². The predicted octanol–water partition coefficient (Wildman–Crippen LogP) is 1.80. The smallest absolute Gasteiger partial charge is 0.0591 e. The lowest BCUT2D eigenvalue weighted by Gasteiger charge is -2.25. The molecule has 0 amide bonds. The SMILES string of the molecule is C#CCC(NCCC)C1CCOC1C. The molecule has 0 aromatic heterocycles. The number of rotatable bonds is 5. The maximum absolute atomic E-state index is 5.56. The summed E-state index contributed by atoms with van der Waals surface area (Å²) in [6, 6.07) is 0.442. The van der Waals surface area contributed by atoms with Gasteiger partial charge in [-0.05, 0) is 26.3 Å². The zero-order valence-corrected chi connectivity index (χ0v) is 9.25. The van der Waals surface area contributed by atoms with Crippen molar-refractivity contribution in [1.82, 2.24) is 5.32 Å². The predicted molar refractivity (Wildman–Crippen MR) is 59.1 cm³/mol. The van der Waals surface area contributed by atoms with Crippen molar-refractivity contribution in [3.05, 3.63) is 0 Å². The van der Waals surface area contributed by atoms with Crippen LogP contribution in [0.15, 0.2) is 0 Å². The Morgan fingerprint density at radius 2 is 2.43 bits per heavy atom. The average molecular weight is 195 g/mol. The second-order valence-electron chi connectivity index (χ2n) is 4.00. The van der Waals surface area contributed by atoms with Gasteiger partial charge < -0.3 is 10.1 Å². The van der Waals surface area contributed by atoms with Crippen LogP contribution in [0.25, 0.3) is 0 Å². The molecule has 1 heterocycles. The van der Waals surface area contributed by atoms with Gasteiger partial charge in [-0.1, -0.05) is 6.92 Å². The first kappa shape index (κ1) is 11.6. The summed E-state index contributed by atoms with van der Waals surface area (Å²) in [5.74, 6) is 3.35. The summed E-state index contributed by atoms with van der Waals surface area (Å²) in [7, 11) is 0. The van der Waals surface area contributed by atoms with Gasteiger partial charge in [-0.3, -0.25) is 0 Å². The third-order valence-corrected chi connectivity index (χ3v) is 2.95. The molecule has 1 N–H and O–H groups in total. The maximum Gasteiger partial charge on any atom is 0.0591 e. The van der Waals surface area contributed by atoms with Gasteiger partial charge in [-0.15, -0.1) is 12.3 Å². The number of terminal acetylenes is 1. The Morgan fingerprint density at radius 1 is 1.64 bits per heavy atom. The Kier molecular flexibility index (Phi) is 5.00. The molecule has 2 heteroatoms. The van der Waals surface area contributed by atoms with E-state index in [1.165, 1.54) is 0 Å². The van der Waals surface area contributed by atoms with E-state index >= 15 is 0 Å². The van der Waals surface area contributed by atoms with E-state index in [-0.39, 0.29) is 0 Å². The highest BCUT2D eigenvalue weighted by Gasteiger charge is 2.30. The van der Waals surface area contributed by atoms with E-state index < -0.39 is 0 Å². The van der Waals surface area contributed by atoms with E-state index in [1.54, 1.807) is 0 Å². The van der Waals surface area contributed by atoms with E-state index in [1.807, 2.05) is 0 Å². The fourth-order valence-corrected chi connectivity index (χ4v) is 2.11. The fraction of sp³-hybridized carbons (Fsp3) is 0.833. The minimum Gasteiger partial charge on any atom is -0.378 e. The zero-order valence-electron chi connectivity index (χ0n) is 9.25. The highest BCUT2D eigenvalue weighted by Crippen LogP contribution is 2.25. The first-order valence-electron chi connectivity index (χ1n) is 5.58. The molecule has 1 saturated heterocycles. The molecule has 1 aliphatic rings. The van der Waals surface area contributed by atoms with Crippen LogP contribution in [0.4, 0.5) is 0 Å². The van der Waals surface area contributed by atoms with Crippen molar-refractivity contribution in [2.45, 2.75) is 45.3 Å². The third kappa shape index (κ3) is 3.01. The maximum atomic E-state index is 5.56. The van der Waals surface area contributed by atoms with Gasteiger partial charge in [-0.2, -0.15) is 0 Å². The van der Waals surface area contributed by atoms with Gasteiger partial charge in [0.05, 0.1) is 6.10 Å². The molecule has 0 aromatic carbocycles. The van der Waals surface area contributed by atoms with Gasteiger partial charge >= 0.3 is 0 Å². The minimum absolute atomic E-state index is 0.359. The lowest BCUT2D eigenvalue weighted by molar-refractivity contribution is 0.0959. The Bertz CT molecular complexity index is 197. The summed E-state index contributed by atoms with van der Waals surface area (Å²) in [5.41, 5.74) is 0. The fourth-order valence-electron chi connectivity index (χ4n) is 2.11. The number of hydrogen-bond donors (Lipinski definition) is 1. The number of hydrogen-bond acceptors (Lipinski definition) is 2. The molecule has 1 aliphatic heterocycles. The van der Waals surface area contributed by atoms with Crippen LogP contribution in [0.5, 0.6) is 0 Å². The van der Waals surface area contributed by atoms with Gasteiger partial charge in [-0.25, -0.2) is 0 Å². The second-order valence-corrected chi connectivity index (χ2v) is 4.00. The molecule has 80 valence electrons. The molecule has 2 nitrogen and oxygen atoms in total. The standard InChI is InChI=1S/C12H21NO/c1-4-6-12(13-8-5-2)11-7-9-14-10(11)3/h1,10-13H,5-9H2,2-3H3. The van der Waals surface area contributed by atoms with Crippen molar-refractivity contribution in [1.29, 1.82) is 0 Å². The van der Waals surface area contributed by atoms with Crippen LogP contribution in [-0.2, 0) is 4.74 Å². The van der Waals surface area contributed by atoms with E-state index in [0.717, 1.165) is 32.4 Å². The summed E-state index contributed by atoms with van der Waals surface area (Å²) < 4.78 is 5.56. The largest absolute Gasteiger partial charge is 0.378 e. The first-order valence-corrected chi connectivity index (χ1v) is 5.58. The molecule has 0 aromatic rings. The zero-order chi connectivity index (χ0) is 10.4. The van der Waals surface area contributed by atoms with Crippen LogP contribution in [0.3, 0.4) is 0 Å². The third-order valence-electron chi connectivity index (χ3n) is 2.95. The van der Waals surface area contributed by atoms with Crippen LogP contribution in [0.2, 0.25) is 0 Å². The molecule has 0 aliphatic carbocycles. The summed E-state index contributed by atoms with van der Waals surface area (Å²) in [6.07, 6.45) is 8.86. The summed E-state index contributed by atoms with van der Waals surface area (Å²) in [4.78, 5) is 0. The highest BCUT2D eigenvalue weighted by molar-refractivity contribution is 4.95. The molecular formula is C12H21NO. The van der Waals surface area contributed by atoms with Gasteiger partial charge in [0, 0.05) is 25.0 Å². The normalized spacial score (nSPS) is 28.6. The van der Waals surface area contributed by atoms with E-state index in [4.69, 9.17) is 11.2 Å². The molecule has 0 saturated carbocycles. The van der Waals surface area contributed by atoms with Crippen LogP contribution in [-0.4, -0.2) is 25.3 Å². The summed E-state index contributed by atoms with van der Waals surface area (Å²) in [5, 5.41) is 3.52. The monoisotopic (exact) mass is 195 g/mol. The van der Waals surface area contributed by atoms with E-state index in [9.17, 15) is 0 Å². The van der Waals surface area contributed by atoms with E-state index in [2.05, 4.69) is 25.1 Å². The van der Waals surface area contributed by atoms with Crippen molar-refractivity contribution in [2.24, 2.45) is 5.92 Å². The Morgan fingerprint density at radius 3 is 2.93 bits per heavy atom. The van der Waals surface area contributed by atoms with Crippen LogP contribution >= 0.6 is 0 Å². The van der Waals surface area contributed by atoms with Crippen LogP contribution in [0, 0.1) is 18.3 Å². The molecule has 1 rings (SSSR count). The van der Waals surface area contributed by atoms with Gasteiger partial charge in [0.15, 0.2) is 0 Å². The number of nitrogens with one attached hydrogen (secondary N) is 1. The molecule has 0 bridgehead atoms. The molecule has 1 fully saturated rings. The molecule has 3 unspecified atom stereocenters. The van der Waals surface area contributed by atoms with Crippen LogP contribution in [0.1, 0.15) is 33.1 Å². The van der Waals surface area contributed by atoms with Crippen molar-refractivity contribution >= 4 is 0 Å². The molecule has 14 heavy (non-hydrogen) atoms. The summed E-state index contributed by atoms with van der Waals surface area (Å²) in [6.45, 7) is 6.26. The van der Waals surface area contributed by atoms with Crippen LogP contribution < -0.4 is 5.32 Å². The summed E-state index contributed by atoms with van der Waals surface area (Å²) >= 11 is 0. The molecule has 3 atom stereocenters. The van der Waals surface area contributed by atoms with E-state index in [0.29, 0.717) is 18.1 Å². The lowest BCUT2D eigenvalue weighted by atomic mass is 9.91. The number of ether oxygens (including phenoxy) is 1. The Balaban J connectivity index is 2.44. The topological polar surface area (TPSA) is 21.3 Å². The first-order chi connectivity index (χ1) is 6.79. The molecule has 0 spiro atoms. The Hall–Kier alpha value is -0.520. The van der Waals surface area contributed by atoms with Gasteiger partial charge in [0.25, 0.3) is 0 Å². The molecular weight excluding hydrogens is 174 g/mol.